The number of fused-ring (bicyclic) bond motifs is 1. The van der Waals surface area contributed by atoms with E-state index in [4.69, 9.17) is 0 Å². The Morgan fingerprint density at radius 1 is 1.27 bits per heavy atom. The van der Waals surface area contributed by atoms with Gasteiger partial charge in [0, 0.05) is 12.4 Å². The lowest BCUT2D eigenvalue weighted by Crippen LogP contribution is -2.10. The molecule has 0 amide bonds. The van der Waals surface area contributed by atoms with Crippen LogP contribution in [0.5, 0.6) is 0 Å². The number of halogens is 1. The molecule has 0 fully saturated rings. The summed E-state index contributed by atoms with van der Waals surface area (Å²) in [5.41, 5.74) is 2.98. The predicted molar refractivity (Wildman–Crippen MR) is 80.7 cm³/mol. The fraction of sp³-hybridized carbons (Fsp3) is 0.176. The Kier molecular flexibility index (Phi) is 3.63. The number of carboxylic acids is 1. The molecule has 22 heavy (non-hydrogen) atoms. The number of imidazole rings is 1. The molecule has 0 aliphatic carbocycles. The van der Waals surface area contributed by atoms with Crippen molar-refractivity contribution in [2.24, 2.45) is 0 Å². The average Bonchev–Trinajstić information content (AvgIpc) is 2.95. The summed E-state index contributed by atoms with van der Waals surface area (Å²) >= 11 is 0. The summed E-state index contributed by atoms with van der Waals surface area (Å²) in [6.45, 7) is 1.72. The maximum Gasteiger partial charge on any atom is 0.353 e. The molecule has 1 aromatic carbocycles. The van der Waals surface area contributed by atoms with E-state index < -0.39 is 5.97 Å². The van der Waals surface area contributed by atoms with E-state index >= 15 is 0 Å². The van der Waals surface area contributed by atoms with Gasteiger partial charge in [-0.1, -0.05) is 18.2 Å². The van der Waals surface area contributed by atoms with Crippen LogP contribution < -0.4 is 0 Å². The summed E-state index contributed by atoms with van der Waals surface area (Å²) in [7, 11) is 0. The predicted octanol–water partition coefficient (Wildman–Crippen LogP) is 3.27. The number of rotatable bonds is 4. The summed E-state index contributed by atoms with van der Waals surface area (Å²) in [6.07, 6.45) is 4.31. The van der Waals surface area contributed by atoms with Crippen molar-refractivity contribution < 1.29 is 14.3 Å². The van der Waals surface area contributed by atoms with Gasteiger partial charge in [-0.05, 0) is 48.6 Å². The third kappa shape index (κ3) is 2.57. The van der Waals surface area contributed by atoms with Crippen LogP contribution in [0, 0.1) is 12.7 Å². The molecule has 0 atom stereocenters. The Morgan fingerprint density at radius 2 is 2.09 bits per heavy atom. The molecule has 0 aliphatic rings. The lowest BCUT2D eigenvalue weighted by Gasteiger charge is -2.09. The number of hydrogen-bond donors (Lipinski definition) is 1. The number of aromatic carboxylic acids is 1. The van der Waals surface area contributed by atoms with E-state index in [1.807, 2.05) is 6.07 Å². The van der Waals surface area contributed by atoms with Gasteiger partial charge in [0.2, 0.25) is 0 Å². The van der Waals surface area contributed by atoms with Crippen LogP contribution >= 0.6 is 0 Å². The van der Waals surface area contributed by atoms with E-state index in [1.165, 1.54) is 6.07 Å². The highest BCUT2D eigenvalue weighted by molar-refractivity contribution is 5.88. The van der Waals surface area contributed by atoms with Crippen molar-refractivity contribution in [1.82, 2.24) is 9.38 Å². The smallest absolute Gasteiger partial charge is 0.353 e. The van der Waals surface area contributed by atoms with Crippen LogP contribution in [0.1, 0.15) is 27.2 Å². The molecule has 112 valence electrons. The molecule has 0 unspecified atom stereocenters. The third-order valence-electron chi connectivity index (χ3n) is 3.77. The molecular weight excluding hydrogens is 283 g/mol. The summed E-state index contributed by atoms with van der Waals surface area (Å²) in [4.78, 5) is 15.6. The average molecular weight is 298 g/mol. The van der Waals surface area contributed by atoms with Gasteiger partial charge in [0.25, 0.3) is 0 Å². The maximum atomic E-state index is 13.6. The SMILES string of the molecule is Cc1ccc(CCc2ccc3nccn3c2C(=O)O)cc1F. The van der Waals surface area contributed by atoms with E-state index in [2.05, 4.69) is 4.98 Å². The van der Waals surface area contributed by atoms with E-state index in [9.17, 15) is 14.3 Å². The third-order valence-corrected chi connectivity index (χ3v) is 3.77. The molecule has 0 aliphatic heterocycles. The van der Waals surface area contributed by atoms with Gasteiger partial charge in [-0.3, -0.25) is 4.40 Å². The maximum absolute atomic E-state index is 13.6. The first-order valence-corrected chi connectivity index (χ1v) is 6.99. The lowest BCUT2D eigenvalue weighted by molar-refractivity contribution is 0.0687. The van der Waals surface area contributed by atoms with Gasteiger partial charge < -0.3 is 5.11 Å². The Balaban J connectivity index is 1.91. The van der Waals surface area contributed by atoms with Gasteiger partial charge in [-0.2, -0.15) is 0 Å². The molecular formula is C17H15FN2O2. The minimum absolute atomic E-state index is 0.211. The number of aryl methyl sites for hydroxylation is 3. The molecule has 2 aromatic heterocycles. The Hall–Kier alpha value is -2.69. The summed E-state index contributed by atoms with van der Waals surface area (Å²) in [5.74, 6) is -1.23. The first-order chi connectivity index (χ1) is 10.6. The summed E-state index contributed by atoms with van der Waals surface area (Å²) in [6, 6.07) is 8.68. The van der Waals surface area contributed by atoms with E-state index in [1.54, 1.807) is 41.9 Å². The van der Waals surface area contributed by atoms with Gasteiger partial charge in [0.1, 0.15) is 17.2 Å². The number of nitrogens with zero attached hydrogens (tertiary/aromatic N) is 2. The van der Waals surface area contributed by atoms with Crippen molar-refractivity contribution in [3.8, 4) is 0 Å². The van der Waals surface area contributed by atoms with Crippen LogP contribution in [0.3, 0.4) is 0 Å². The molecule has 0 bridgehead atoms. The first kappa shape index (κ1) is 14.3. The molecule has 0 saturated heterocycles. The van der Waals surface area contributed by atoms with Crippen molar-refractivity contribution in [3.05, 3.63) is 70.9 Å². The Bertz CT molecular complexity index is 855. The largest absolute Gasteiger partial charge is 0.477 e. The van der Waals surface area contributed by atoms with Gasteiger partial charge in [0.15, 0.2) is 0 Å². The molecule has 4 nitrogen and oxygen atoms in total. The molecule has 3 aromatic rings. The molecule has 5 heteroatoms. The fourth-order valence-electron chi connectivity index (χ4n) is 2.55. The van der Waals surface area contributed by atoms with E-state index in [0.29, 0.717) is 29.6 Å². The summed E-state index contributed by atoms with van der Waals surface area (Å²) < 4.78 is 15.1. The van der Waals surface area contributed by atoms with Gasteiger partial charge >= 0.3 is 5.97 Å². The zero-order valence-electron chi connectivity index (χ0n) is 12.1. The molecule has 1 N–H and O–H groups in total. The van der Waals surface area contributed by atoms with Crippen molar-refractivity contribution in [2.75, 3.05) is 0 Å². The van der Waals surface area contributed by atoms with Crippen LogP contribution in [-0.2, 0) is 12.8 Å². The molecule has 0 spiro atoms. The molecule has 0 radical (unpaired) electrons. The molecule has 0 saturated carbocycles. The highest BCUT2D eigenvalue weighted by atomic mass is 19.1. The Morgan fingerprint density at radius 3 is 2.82 bits per heavy atom. The fourth-order valence-corrected chi connectivity index (χ4v) is 2.55. The van der Waals surface area contributed by atoms with Gasteiger partial charge in [-0.15, -0.1) is 0 Å². The number of carboxylic acid groups (broad SMARTS) is 1. The number of pyridine rings is 1. The van der Waals surface area contributed by atoms with Crippen LogP contribution in [0.4, 0.5) is 4.39 Å². The van der Waals surface area contributed by atoms with Gasteiger partial charge in [0.05, 0.1) is 0 Å². The van der Waals surface area contributed by atoms with E-state index in [0.717, 1.165) is 5.56 Å². The van der Waals surface area contributed by atoms with Crippen molar-refractivity contribution in [1.29, 1.82) is 0 Å². The van der Waals surface area contributed by atoms with Crippen LogP contribution in [-0.4, -0.2) is 20.5 Å². The quantitative estimate of drug-likeness (QED) is 0.804. The number of carbonyl (C=O) groups is 1. The second-order valence-corrected chi connectivity index (χ2v) is 5.25. The number of hydrogen-bond acceptors (Lipinski definition) is 2. The van der Waals surface area contributed by atoms with Crippen molar-refractivity contribution >= 4 is 11.6 Å². The van der Waals surface area contributed by atoms with Crippen LogP contribution in [0.25, 0.3) is 5.65 Å². The number of benzene rings is 1. The topological polar surface area (TPSA) is 54.6 Å². The van der Waals surface area contributed by atoms with Crippen molar-refractivity contribution in [3.63, 3.8) is 0 Å². The zero-order valence-corrected chi connectivity index (χ0v) is 12.1. The zero-order chi connectivity index (χ0) is 15.7. The molecule has 3 rings (SSSR count). The minimum Gasteiger partial charge on any atom is -0.477 e. The highest BCUT2D eigenvalue weighted by Crippen LogP contribution is 2.17. The summed E-state index contributed by atoms with van der Waals surface area (Å²) in [5, 5.41) is 9.45. The Labute approximate surface area is 126 Å². The standard InChI is InChI=1S/C17H15FN2O2/c1-11-2-3-12(10-14(11)18)4-5-13-6-7-15-19-8-9-20(15)16(13)17(21)22/h2-3,6-10H,4-5H2,1H3,(H,21,22). The van der Waals surface area contributed by atoms with E-state index in [-0.39, 0.29) is 11.5 Å². The second-order valence-electron chi connectivity index (χ2n) is 5.25. The highest BCUT2D eigenvalue weighted by Gasteiger charge is 2.15. The van der Waals surface area contributed by atoms with Gasteiger partial charge in [-0.25, -0.2) is 14.2 Å². The first-order valence-electron chi connectivity index (χ1n) is 6.99. The van der Waals surface area contributed by atoms with Crippen LogP contribution in [0.15, 0.2) is 42.7 Å². The normalized spacial score (nSPS) is 11.0. The lowest BCUT2D eigenvalue weighted by atomic mass is 10.0. The van der Waals surface area contributed by atoms with Crippen LogP contribution in [0.2, 0.25) is 0 Å². The molecule has 2 heterocycles. The van der Waals surface area contributed by atoms with Crippen molar-refractivity contribution in [2.45, 2.75) is 19.8 Å². The monoisotopic (exact) mass is 298 g/mol. The second kappa shape index (κ2) is 5.60. The minimum atomic E-state index is -0.992. The number of aromatic nitrogens is 2.